The van der Waals surface area contributed by atoms with Crippen LogP contribution >= 0.6 is 0 Å². The van der Waals surface area contributed by atoms with Crippen molar-refractivity contribution in [3.8, 4) is 5.75 Å². The van der Waals surface area contributed by atoms with Gasteiger partial charge in [-0.15, -0.1) is 0 Å². The molecule has 1 aliphatic rings. The van der Waals surface area contributed by atoms with Crippen LogP contribution in [-0.4, -0.2) is 48.1 Å². The predicted octanol–water partition coefficient (Wildman–Crippen LogP) is 3.58. The minimum absolute atomic E-state index is 0.380. The SMILES string of the molecule is Cc1cc(C)nc(COc2ccc3cccc(N4CCN(C)CC4)c3c2)n1. The fraction of sp³-hybridized carbons (Fsp3) is 0.364. The van der Waals surface area contributed by atoms with Gasteiger partial charge in [0.25, 0.3) is 0 Å². The number of aromatic nitrogens is 2. The normalized spacial score (nSPS) is 15.3. The molecule has 0 atom stereocenters. The smallest absolute Gasteiger partial charge is 0.166 e. The summed E-state index contributed by atoms with van der Waals surface area (Å²) in [6.07, 6.45) is 0. The first-order valence-electron chi connectivity index (χ1n) is 9.49. The second-order valence-corrected chi connectivity index (χ2v) is 7.31. The summed E-state index contributed by atoms with van der Waals surface area (Å²) in [5.41, 5.74) is 3.22. The van der Waals surface area contributed by atoms with Crippen molar-refractivity contribution in [2.45, 2.75) is 20.5 Å². The van der Waals surface area contributed by atoms with Crippen molar-refractivity contribution in [3.63, 3.8) is 0 Å². The molecule has 1 saturated heterocycles. The number of fused-ring (bicyclic) bond motifs is 1. The van der Waals surface area contributed by atoms with Gasteiger partial charge in [0.05, 0.1) is 0 Å². The van der Waals surface area contributed by atoms with Crippen LogP contribution in [0.3, 0.4) is 0 Å². The topological polar surface area (TPSA) is 41.5 Å². The number of anilines is 1. The third-order valence-corrected chi connectivity index (χ3v) is 5.07. The van der Waals surface area contributed by atoms with Crippen molar-refractivity contribution >= 4 is 16.5 Å². The summed E-state index contributed by atoms with van der Waals surface area (Å²) >= 11 is 0. The molecule has 4 rings (SSSR count). The Morgan fingerprint density at radius 3 is 2.41 bits per heavy atom. The molecule has 0 bridgehead atoms. The maximum Gasteiger partial charge on any atom is 0.166 e. The summed E-state index contributed by atoms with van der Waals surface area (Å²) < 4.78 is 6.02. The first-order chi connectivity index (χ1) is 13.1. The van der Waals surface area contributed by atoms with Gasteiger partial charge >= 0.3 is 0 Å². The number of likely N-dealkylation sites (N-methyl/N-ethyl adjacent to an activating group) is 1. The van der Waals surface area contributed by atoms with Crippen molar-refractivity contribution in [2.75, 3.05) is 38.1 Å². The second kappa shape index (κ2) is 7.53. The molecule has 1 fully saturated rings. The maximum absolute atomic E-state index is 6.02. The number of ether oxygens (including phenoxy) is 1. The van der Waals surface area contributed by atoms with Gasteiger partial charge in [0.15, 0.2) is 5.82 Å². The van der Waals surface area contributed by atoms with Crippen LogP contribution in [-0.2, 0) is 6.61 Å². The number of piperazine rings is 1. The van der Waals surface area contributed by atoms with Crippen molar-refractivity contribution in [1.82, 2.24) is 14.9 Å². The lowest BCUT2D eigenvalue weighted by Crippen LogP contribution is -2.44. The highest BCUT2D eigenvalue weighted by Crippen LogP contribution is 2.31. The van der Waals surface area contributed by atoms with Gasteiger partial charge in [-0.05, 0) is 50.5 Å². The zero-order valence-corrected chi connectivity index (χ0v) is 16.3. The summed E-state index contributed by atoms with van der Waals surface area (Å²) in [6.45, 7) is 8.64. The van der Waals surface area contributed by atoms with E-state index in [1.807, 2.05) is 26.0 Å². The van der Waals surface area contributed by atoms with Gasteiger partial charge in [0.2, 0.25) is 0 Å². The zero-order chi connectivity index (χ0) is 18.8. The number of nitrogens with zero attached hydrogens (tertiary/aromatic N) is 4. The van der Waals surface area contributed by atoms with Crippen LogP contribution in [0.2, 0.25) is 0 Å². The highest BCUT2D eigenvalue weighted by Gasteiger charge is 2.16. The molecule has 1 aromatic heterocycles. The molecule has 0 spiro atoms. The first-order valence-corrected chi connectivity index (χ1v) is 9.49. The molecule has 0 amide bonds. The summed E-state index contributed by atoms with van der Waals surface area (Å²) in [7, 11) is 2.18. The predicted molar refractivity (Wildman–Crippen MR) is 109 cm³/mol. The maximum atomic E-state index is 6.02. The first kappa shape index (κ1) is 17.7. The van der Waals surface area contributed by atoms with E-state index in [2.05, 4.69) is 57.1 Å². The van der Waals surface area contributed by atoms with Crippen LogP contribution in [0.4, 0.5) is 5.69 Å². The summed E-state index contributed by atoms with van der Waals surface area (Å²) in [5.74, 6) is 1.58. The quantitative estimate of drug-likeness (QED) is 0.710. The van der Waals surface area contributed by atoms with Gasteiger partial charge < -0.3 is 14.5 Å². The molecule has 27 heavy (non-hydrogen) atoms. The van der Waals surface area contributed by atoms with E-state index in [1.165, 1.54) is 16.5 Å². The molecule has 140 valence electrons. The third kappa shape index (κ3) is 4.03. The van der Waals surface area contributed by atoms with Crippen LogP contribution in [0, 0.1) is 13.8 Å². The Morgan fingerprint density at radius 2 is 1.67 bits per heavy atom. The zero-order valence-electron chi connectivity index (χ0n) is 16.3. The monoisotopic (exact) mass is 362 g/mol. The molecule has 0 unspecified atom stereocenters. The Bertz CT molecular complexity index is 928. The van der Waals surface area contributed by atoms with Crippen molar-refractivity contribution < 1.29 is 4.74 Å². The third-order valence-electron chi connectivity index (χ3n) is 5.07. The van der Waals surface area contributed by atoms with E-state index >= 15 is 0 Å². The molecule has 3 aromatic rings. The fourth-order valence-electron chi connectivity index (χ4n) is 3.66. The van der Waals surface area contributed by atoms with Gasteiger partial charge in [-0.1, -0.05) is 18.2 Å². The molecule has 2 heterocycles. The van der Waals surface area contributed by atoms with Crippen LogP contribution in [0.5, 0.6) is 5.75 Å². The largest absolute Gasteiger partial charge is 0.486 e. The molecule has 5 nitrogen and oxygen atoms in total. The number of hydrogen-bond donors (Lipinski definition) is 0. The Labute approximate surface area is 160 Å². The standard InChI is InChI=1S/C22H26N4O/c1-16-13-17(2)24-22(23-16)15-27-19-8-7-18-5-4-6-21(20(18)14-19)26-11-9-25(3)10-12-26/h4-8,13-14H,9-12,15H2,1-3H3. The van der Waals surface area contributed by atoms with E-state index in [0.29, 0.717) is 6.61 Å². The molecule has 0 N–H and O–H groups in total. The lowest BCUT2D eigenvalue weighted by molar-refractivity contribution is 0.295. The van der Waals surface area contributed by atoms with E-state index in [-0.39, 0.29) is 0 Å². The van der Waals surface area contributed by atoms with Gasteiger partial charge in [-0.25, -0.2) is 9.97 Å². The lowest BCUT2D eigenvalue weighted by Gasteiger charge is -2.34. The van der Waals surface area contributed by atoms with E-state index < -0.39 is 0 Å². The summed E-state index contributed by atoms with van der Waals surface area (Å²) in [6, 6.07) is 14.8. The van der Waals surface area contributed by atoms with E-state index in [1.54, 1.807) is 0 Å². The molecule has 1 aliphatic heterocycles. The van der Waals surface area contributed by atoms with Gasteiger partial charge in [-0.2, -0.15) is 0 Å². The molecule has 0 saturated carbocycles. The fourth-order valence-corrected chi connectivity index (χ4v) is 3.66. The van der Waals surface area contributed by atoms with Crippen LogP contribution in [0.25, 0.3) is 10.8 Å². The molecular weight excluding hydrogens is 336 g/mol. The molecule has 0 radical (unpaired) electrons. The Hall–Kier alpha value is -2.66. The highest BCUT2D eigenvalue weighted by atomic mass is 16.5. The van der Waals surface area contributed by atoms with Crippen molar-refractivity contribution in [1.29, 1.82) is 0 Å². The molecule has 2 aromatic carbocycles. The molecule has 5 heteroatoms. The van der Waals surface area contributed by atoms with E-state index in [4.69, 9.17) is 4.74 Å². The Kier molecular flexibility index (Phi) is 4.94. The van der Waals surface area contributed by atoms with Gasteiger partial charge in [-0.3, -0.25) is 0 Å². The molecular formula is C22H26N4O. The second-order valence-electron chi connectivity index (χ2n) is 7.31. The molecule has 0 aliphatic carbocycles. The Morgan fingerprint density at radius 1 is 0.926 bits per heavy atom. The minimum Gasteiger partial charge on any atom is -0.486 e. The van der Waals surface area contributed by atoms with Crippen LogP contribution in [0.1, 0.15) is 17.2 Å². The average molecular weight is 362 g/mol. The number of hydrogen-bond acceptors (Lipinski definition) is 5. The number of aryl methyl sites for hydroxylation is 2. The average Bonchev–Trinajstić information content (AvgIpc) is 2.66. The Balaban J connectivity index is 1.58. The summed E-state index contributed by atoms with van der Waals surface area (Å²) in [5, 5.41) is 2.47. The van der Waals surface area contributed by atoms with Crippen LogP contribution in [0.15, 0.2) is 42.5 Å². The van der Waals surface area contributed by atoms with Crippen molar-refractivity contribution in [3.05, 3.63) is 59.7 Å². The van der Waals surface area contributed by atoms with Crippen molar-refractivity contribution in [2.24, 2.45) is 0 Å². The van der Waals surface area contributed by atoms with Gasteiger partial charge in [0.1, 0.15) is 12.4 Å². The van der Waals surface area contributed by atoms with E-state index in [0.717, 1.165) is 49.1 Å². The number of benzene rings is 2. The lowest BCUT2D eigenvalue weighted by atomic mass is 10.1. The highest BCUT2D eigenvalue weighted by molar-refractivity contribution is 5.95. The minimum atomic E-state index is 0.380. The summed E-state index contributed by atoms with van der Waals surface area (Å²) in [4.78, 5) is 13.8. The van der Waals surface area contributed by atoms with Gasteiger partial charge in [0, 0.05) is 48.6 Å². The van der Waals surface area contributed by atoms with Crippen LogP contribution < -0.4 is 9.64 Å². The number of rotatable bonds is 4. The van der Waals surface area contributed by atoms with E-state index in [9.17, 15) is 0 Å².